The number of aliphatic hydroxyl groups excluding tert-OH is 1. The van der Waals surface area contributed by atoms with Gasteiger partial charge in [-0.3, -0.25) is 0 Å². The van der Waals surface area contributed by atoms with E-state index in [9.17, 15) is 9.50 Å². The van der Waals surface area contributed by atoms with Crippen LogP contribution in [0.5, 0.6) is 0 Å². The van der Waals surface area contributed by atoms with E-state index in [2.05, 4.69) is 21.2 Å². The second-order valence-corrected chi connectivity index (χ2v) is 5.56. The number of benzene rings is 1. The van der Waals surface area contributed by atoms with Gasteiger partial charge < -0.3 is 15.2 Å². The summed E-state index contributed by atoms with van der Waals surface area (Å²) in [6.07, 6.45) is 1.50. The van der Waals surface area contributed by atoms with E-state index in [0.29, 0.717) is 25.3 Å². The summed E-state index contributed by atoms with van der Waals surface area (Å²) in [5.74, 6) is -0.231. The van der Waals surface area contributed by atoms with Crippen LogP contribution in [0.2, 0.25) is 0 Å². The van der Waals surface area contributed by atoms with Crippen molar-refractivity contribution in [2.45, 2.75) is 24.9 Å². The zero-order chi connectivity index (χ0) is 13.0. The van der Waals surface area contributed by atoms with Gasteiger partial charge >= 0.3 is 0 Å². The van der Waals surface area contributed by atoms with Crippen LogP contribution in [0.3, 0.4) is 0 Å². The van der Waals surface area contributed by atoms with Crippen LogP contribution in [-0.2, 0) is 11.3 Å². The topological polar surface area (TPSA) is 41.5 Å². The molecule has 1 fully saturated rings. The number of aliphatic hydroxyl groups is 1. The van der Waals surface area contributed by atoms with Crippen molar-refractivity contribution in [1.29, 1.82) is 0 Å². The van der Waals surface area contributed by atoms with Crippen LogP contribution < -0.4 is 5.32 Å². The Morgan fingerprint density at radius 3 is 2.78 bits per heavy atom. The quantitative estimate of drug-likeness (QED) is 0.894. The highest BCUT2D eigenvalue weighted by Crippen LogP contribution is 2.22. The van der Waals surface area contributed by atoms with Crippen molar-refractivity contribution >= 4 is 15.9 Å². The summed E-state index contributed by atoms with van der Waals surface area (Å²) in [7, 11) is 0. The Balaban J connectivity index is 2.03. The lowest BCUT2D eigenvalue weighted by Gasteiger charge is -2.36. The maximum Gasteiger partial charge on any atom is 0.127 e. The van der Waals surface area contributed by atoms with Crippen LogP contribution in [0.15, 0.2) is 22.7 Å². The summed E-state index contributed by atoms with van der Waals surface area (Å²) in [5.41, 5.74) is 0.260. The van der Waals surface area contributed by atoms with Crippen molar-refractivity contribution < 1.29 is 14.2 Å². The molecule has 3 nitrogen and oxygen atoms in total. The highest BCUT2D eigenvalue weighted by molar-refractivity contribution is 9.10. The highest BCUT2D eigenvalue weighted by Gasteiger charge is 2.31. The fourth-order valence-electron chi connectivity index (χ4n) is 2.11. The zero-order valence-corrected chi connectivity index (χ0v) is 11.7. The third-order valence-electron chi connectivity index (χ3n) is 3.41. The number of hydrogen-bond donors (Lipinski definition) is 2. The summed E-state index contributed by atoms with van der Waals surface area (Å²) in [4.78, 5) is 0. The molecule has 0 saturated carbocycles. The molecular formula is C13H17BrFNO2. The minimum absolute atomic E-state index is 0.0476. The summed E-state index contributed by atoms with van der Waals surface area (Å²) in [5, 5.41) is 12.8. The number of rotatable bonds is 4. The molecule has 0 unspecified atom stereocenters. The smallest absolute Gasteiger partial charge is 0.127 e. The van der Waals surface area contributed by atoms with Gasteiger partial charge in [0.15, 0.2) is 0 Å². The van der Waals surface area contributed by atoms with E-state index in [4.69, 9.17) is 4.74 Å². The van der Waals surface area contributed by atoms with Gasteiger partial charge in [0.2, 0.25) is 0 Å². The predicted molar refractivity (Wildman–Crippen MR) is 70.8 cm³/mol. The van der Waals surface area contributed by atoms with Gasteiger partial charge in [0.1, 0.15) is 5.82 Å². The first-order valence-corrected chi connectivity index (χ1v) is 6.82. The third-order valence-corrected chi connectivity index (χ3v) is 3.91. The number of ether oxygens (including phenoxy) is 1. The Morgan fingerprint density at radius 2 is 2.11 bits per heavy atom. The van der Waals surface area contributed by atoms with E-state index < -0.39 is 0 Å². The van der Waals surface area contributed by atoms with E-state index in [0.717, 1.165) is 17.3 Å². The number of nitrogens with one attached hydrogen (secondary N) is 1. The van der Waals surface area contributed by atoms with Crippen LogP contribution in [0.25, 0.3) is 0 Å². The van der Waals surface area contributed by atoms with Crippen molar-refractivity contribution in [3.63, 3.8) is 0 Å². The van der Waals surface area contributed by atoms with Gasteiger partial charge in [0.25, 0.3) is 0 Å². The lowest BCUT2D eigenvalue weighted by atomic mass is 9.90. The molecule has 5 heteroatoms. The van der Waals surface area contributed by atoms with E-state index in [1.165, 1.54) is 6.07 Å². The molecule has 0 spiro atoms. The molecule has 0 bridgehead atoms. The van der Waals surface area contributed by atoms with Gasteiger partial charge in [0.05, 0.1) is 6.61 Å². The molecule has 0 aliphatic carbocycles. The SMILES string of the molecule is OCC1(NCc2cc(Br)ccc2F)CCOCC1. The zero-order valence-electron chi connectivity index (χ0n) is 10.1. The van der Waals surface area contributed by atoms with Gasteiger partial charge in [-0.05, 0) is 31.0 Å². The Morgan fingerprint density at radius 1 is 1.39 bits per heavy atom. The summed E-state index contributed by atoms with van der Waals surface area (Å²) < 4.78 is 19.7. The first-order chi connectivity index (χ1) is 8.65. The van der Waals surface area contributed by atoms with Crippen molar-refractivity contribution in [2.75, 3.05) is 19.8 Å². The molecule has 1 saturated heterocycles. The fourth-order valence-corrected chi connectivity index (χ4v) is 2.52. The first kappa shape index (κ1) is 13.9. The fraction of sp³-hybridized carbons (Fsp3) is 0.538. The highest BCUT2D eigenvalue weighted by atomic mass is 79.9. The molecule has 0 amide bonds. The average Bonchev–Trinajstić information content (AvgIpc) is 2.41. The standard InChI is InChI=1S/C13H17BrFNO2/c14-11-1-2-12(15)10(7-11)8-16-13(9-17)3-5-18-6-4-13/h1-2,7,16-17H,3-6,8-9H2. The van der Waals surface area contributed by atoms with Gasteiger partial charge in [0, 0.05) is 35.3 Å². The van der Waals surface area contributed by atoms with Crippen molar-refractivity contribution in [3.05, 3.63) is 34.1 Å². The van der Waals surface area contributed by atoms with E-state index in [1.54, 1.807) is 12.1 Å². The molecule has 1 aromatic rings. The molecule has 18 heavy (non-hydrogen) atoms. The van der Waals surface area contributed by atoms with Gasteiger partial charge in [-0.1, -0.05) is 15.9 Å². The Kier molecular flexibility index (Phi) is 4.72. The van der Waals surface area contributed by atoms with E-state index >= 15 is 0 Å². The van der Waals surface area contributed by atoms with Crippen LogP contribution in [0, 0.1) is 5.82 Å². The normalized spacial score (nSPS) is 18.8. The molecule has 2 rings (SSSR count). The van der Waals surface area contributed by atoms with Crippen molar-refractivity contribution in [2.24, 2.45) is 0 Å². The first-order valence-electron chi connectivity index (χ1n) is 6.03. The maximum atomic E-state index is 13.6. The third kappa shape index (κ3) is 3.29. The summed E-state index contributed by atoms with van der Waals surface area (Å²) in [6.45, 7) is 1.72. The molecular weight excluding hydrogens is 301 g/mol. The summed E-state index contributed by atoms with van der Waals surface area (Å²) >= 11 is 3.33. The van der Waals surface area contributed by atoms with Gasteiger partial charge in [-0.2, -0.15) is 0 Å². The lowest BCUT2D eigenvalue weighted by molar-refractivity contribution is 0.0110. The molecule has 1 aliphatic rings. The van der Waals surface area contributed by atoms with Crippen molar-refractivity contribution in [3.8, 4) is 0 Å². The minimum atomic E-state index is -0.340. The molecule has 100 valence electrons. The average molecular weight is 318 g/mol. The molecule has 0 aromatic heterocycles. The minimum Gasteiger partial charge on any atom is -0.394 e. The van der Waals surface area contributed by atoms with E-state index in [-0.39, 0.29) is 18.0 Å². The largest absolute Gasteiger partial charge is 0.394 e. The van der Waals surface area contributed by atoms with Gasteiger partial charge in [-0.25, -0.2) is 4.39 Å². The van der Waals surface area contributed by atoms with Crippen LogP contribution in [-0.4, -0.2) is 30.5 Å². The lowest BCUT2D eigenvalue weighted by Crippen LogP contribution is -2.51. The Bertz CT molecular complexity index is 408. The van der Waals surface area contributed by atoms with Crippen LogP contribution in [0.4, 0.5) is 4.39 Å². The molecule has 1 aromatic carbocycles. The molecule has 0 atom stereocenters. The molecule has 1 heterocycles. The van der Waals surface area contributed by atoms with Crippen molar-refractivity contribution in [1.82, 2.24) is 5.32 Å². The number of halogens is 2. The number of hydrogen-bond acceptors (Lipinski definition) is 3. The second-order valence-electron chi connectivity index (χ2n) is 4.64. The molecule has 0 radical (unpaired) electrons. The van der Waals surface area contributed by atoms with Crippen LogP contribution in [0.1, 0.15) is 18.4 Å². The van der Waals surface area contributed by atoms with Gasteiger partial charge in [-0.15, -0.1) is 0 Å². The predicted octanol–water partition coefficient (Wildman–Crippen LogP) is 2.22. The summed E-state index contributed by atoms with van der Waals surface area (Å²) in [6, 6.07) is 4.87. The second kappa shape index (κ2) is 6.10. The molecule has 2 N–H and O–H groups in total. The monoisotopic (exact) mass is 317 g/mol. The molecule has 1 aliphatic heterocycles. The van der Waals surface area contributed by atoms with E-state index in [1.807, 2.05) is 0 Å². The maximum absolute atomic E-state index is 13.6. The Hall–Kier alpha value is -0.490. The Labute approximate surface area is 114 Å². The van der Waals surface area contributed by atoms with Crippen LogP contribution >= 0.6 is 15.9 Å².